The van der Waals surface area contributed by atoms with E-state index in [0.29, 0.717) is 12.1 Å². The first kappa shape index (κ1) is 15.3. The van der Waals surface area contributed by atoms with E-state index in [-0.39, 0.29) is 17.7 Å². The number of hydrogen-bond donors (Lipinski definition) is 1. The molecule has 0 radical (unpaired) electrons. The van der Waals surface area contributed by atoms with E-state index >= 15 is 0 Å². The van der Waals surface area contributed by atoms with Gasteiger partial charge in [0.15, 0.2) is 0 Å². The highest BCUT2D eigenvalue weighted by Gasteiger charge is 2.38. The van der Waals surface area contributed by atoms with Crippen LogP contribution in [0.15, 0.2) is 0 Å². The van der Waals surface area contributed by atoms with E-state index < -0.39 is 6.04 Å². The first-order chi connectivity index (χ1) is 9.41. The van der Waals surface area contributed by atoms with Crippen LogP contribution in [0.4, 0.5) is 0 Å². The number of nitrogens with zero attached hydrogens (tertiary/aromatic N) is 2. The molecule has 2 rings (SSSR count). The predicted molar refractivity (Wildman–Crippen MR) is 78.0 cm³/mol. The predicted octanol–water partition coefficient (Wildman–Crippen LogP) is 0.972. The lowest BCUT2D eigenvalue weighted by Crippen LogP contribution is -2.53. The monoisotopic (exact) mass is 281 g/mol. The van der Waals surface area contributed by atoms with Gasteiger partial charge in [0.1, 0.15) is 0 Å². The minimum absolute atomic E-state index is 0.0549. The second-order valence-corrected chi connectivity index (χ2v) is 6.48. The Kier molecular flexibility index (Phi) is 4.68. The van der Waals surface area contributed by atoms with E-state index in [9.17, 15) is 9.59 Å². The van der Waals surface area contributed by atoms with Crippen molar-refractivity contribution in [2.75, 3.05) is 13.1 Å². The largest absolute Gasteiger partial charge is 0.341 e. The number of carbonyl (C=O) groups is 2. The van der Waals surface area contributed by atoms with Gasteiger partial charge in [-0.3, -0.25) is 9.59 Å². The molecule has 114 valence electrons. The molecule has 2 N–H and O–H groups in total. The molecule has 0 spiro atoms. The number of rotatable bonds is 4. The first-order valence-electron chi connectivity index (χ1n) is 7.75. The molecule has 2 amide bonds. The Morgan fingerprint density at radius 2 is 1.60 bits per heavy atom. The van der Waals surface area contributed by atoms with Crippen LogP contribution in [0, 0.1) is 5.92 Å². The summed E-state index contributed by atoms with van der Waals surface area (Å²) in [6.07, 6.45) is 4.03. The van der Waals surface area contributed by atoms with Crippen LogP contribution in [-0.2, 0) is 9.59 Å². The highest BCUT2D eigenvalue weighted by molar-refractivity contribution is 5.82. The van der Waals surface area contributed by atoms with Crippen LogP contribution in [0.5, 0.6) is 0 Å². The van der Waals surface area contributed by atoms with Crippen molar-refractivity contribution in [1.29, 1.82) is 0 Å². The molecule has 5 nitrogen and oxygen atoms in total. The molecule has 0 bridgehead atoms. The van der Waals surface area contributed by atoms with Crippen LogP contribution in [0.25, 0.3) is 0 Å². The van der Waals surface area contributed by atoms with Crippen molar-refractivity contribution in [2.45, 2.75) is 64.6 Å². The highest BCUT2D eigenvalue weighted by atomic mass is 16.2. The molecule has 2 aliphatic rings. The zero-order valence-corrected chi connectivity index (χ0v) is 12.8. The lowest BCUT2D eigenvalue weighted by molar-refractivity contribution is -0.137. The van der Waals surface area contributed by atoms with Crippen LogP contribution in [-0.4, -0.2) is 52.8 Å². The number of carbonyl (C=O) groups excluding carboxylic acids is 2. The minimum Gasteiger partial charge on any atom is -0.341 e. The molecule has 1 atom stereocenters. The average molecular weight is 281 g/mol. The van der Waals surface area contributed by atoms with Crippen LogP contribution < -0.4 is 5.73 Å². The summed E-state index contributed by atoms with van der Waals surface area (Å²) in [7, 11) is 0. The zero-order valence-electron chi connectivity index (χ0n) is 12.8. The fourth-order valence-corrected chi connectivity index (χ4v) is 3.03. The molecular weight excluding hydrogens is 254 g/mol. The lowest BCUT2D eigenvalue weighted by atomic mass is 9.99. The maximum absolute atomic E-state index is 12.2. The molecule has 20 heavy (non-hydrogen) atoms. The molecule has 1 saturated heterocycles. The van der Waals surface area contributed by atoms with Gasteiger partial charge in [-0.05, 0) is 31.6 Å². The molecule has 1 saturated carbocycles. The summed E-state index contributed by atoms with van der Waals surface area (Å²) in [4.78, 5) is 27.9. The fourth-order valence-electron chi connectivity index (χ4n) is 3.03. The molecule has 0 aromatic heterocycles. The molecule has 0 aromatic carbocycles. The van der Waals surface area contributed by atoms with Gasteiger partial charge in [0.25, 0.3) is 0 Å². The van der Waals surface area contributed by atoms with Crippen LogP contribution in [0.2, 0.25) is 0 Å². The number of likely N-dealkylation sites (tertiary alicyclic amines) is 1. The number of piperidine rings is 1. The Balaban J connectivity index is 1.88. The summed E-state index contributed by atoms with van der Waals surface area (Å²) >= 11 is 0. The summed E-state index contributed by atoms with van der Waals surface area (Å²) in [5.41, 5.74) is 5.94. The summed E-state index contributed by atoms with van der Waals surface area (Å²) in [5, 5.41) is 0. The van der Waals surface area contributed by atoms with Gasteiger partial charge in [0.05, 0.1) is 6.04 Å². The number of nitrogens with two attached hydrogens (primary N) is 1. The zero-order chi connectivity index (χ0) is 14.9. The topological polar surface area (TPSA) is 66.6 Å². The van der Waals surface area contributed by atoms with Gasteiger partial charge >= 0.3 is 0 Å². The van der Waals surface area contributed by atoms with Crippen molar-refractivity contribution in [3.05, 3.63) is 0 Å². The van der Waals surface area contributed by atoms with Crippen molar-refractivity contribution in [3.63, 3.8) is 0 Å². The smallest absolute Gasteiger partial charge is 0.239 e. The van der Waals surface area contributed by atoms with E-state index in [1.165, 1.54) is 0 Å². The molecular formula is C15H27N3O2. The summed E-state index contributed by atoms with van der Waals surface area (Å²) in [6.45, 7) is 7.05. The SMILES string of the molecule is CC(=O)N(C1CC1)C1CCN(C(=O)[C@@H](N)C(C)C)CC1. The first-order valence-corrected chi connectivity index (χ1v) is 7.75. The Bertz CT molecular complexity index is 371. The third-order valence-corrected chi connectivity index (χ3v) is 4.48. The fraction of sp³-hybridized carbons (Fsp3) is 0.867. The van der Waals surface area contributed by atoms with Crippen molar-refractivity contribution in [1.82, 2.24) is 9.80 Å². The van der Waals surface area contributed by atoms with E-state index in [4.69, 9.17) is 5.73 Å². The Morgan fingerprint density at radius 3 is 2.00 bits per heavy atom. The second-order valence-electron chi connectivity index (χ2n) is 6.48. The molecule has 5 heteroatoms. The van der Waals surface area contributed by atoms with Crippen LogP contribution in [0.1, 0.15) is 46.5 Å². The van der Waals surface area contributed by atoms with E-state index in [0.717, 1.165) is 38.8 Å². The lowest BCUT2D eigenvalue weighted by Gasteiger charge is -2.39. The van der Waals surface area contributed by atoms with Gasteiger partial charge in [-0.2, -0.15) is 0 Å². The Labute approximate surface area is 121 Å². The van der Waals surface area contributed by atoms with E-state index in [1.807, 2.05) is 23.6 Å². The number of hydrogen-bond acceptors (Lipinski definition) is 3. The van der Waals surface area contributed by atoms with Crippen molar-refractivity contribution < 1.29 is 9.59 Å². The van der Waals surface area contributed by atoms with Gasteiger partial charge in [-0.15, -0.1) is 0 Å². The Morgan fingerprint density at radius 1 is 1.10 bits per heavy atom. The number of amides is 2. The van der Waals surface area contributed by atoms with Crippen molar-refractivity contribution in [3.8, 4) is 0 Å². The van der Waals surface area contributed by atoms with Gasteiger partial charge in [0.2, 0.25) is 11.8 Å². The molecule has 1 aliphatic heterocycles. The van der Waals surface area contributed by atoms with Gasteiger partial charge in [-0.25, -0.2) is 0 Å². The molecule has 2 fully saturated rings. The molecule has 1 heterocycles. The van der Waals surface area contributed by atoms with Crippen LogP contribution >= 0.6 is 0 Å². The second kappa shape index (κ2) is 6.12. The summed E-state index contributed by atoms with van der Waals surface area (Å²) < 4.78 is 0. The maximum Gasteiger partial charge on any atom is 0.239 e. The molecule has 0 unspecified atom stereocenters. The summed E-state index contributed by atoms with van der Waals surface area (Å²) in [5.74, 6) is 0.399. The average Bonchev–Trinajstić information content (AvgIpc) is 3.22. The van der Waals surface area contributed by atoms with Gasteiger partial charge in [0, 0.05) is 32.1 Å². The summed E-state index contributed by atoms with van der Waals surface area (Å²) in [6, 6.07) is 0.357. The van der Waals surface area contributed by atoms with Gasteiger partial charge < -0.3 is 15.5 Å². The standard InChI is InChI=1S/C15H27N3O2/c1-10(2)14(16)15(20)17-8-6-13(7-9-17)18(11(3)19)12-4-5-12/h10,12-14H,4-9,16H2,1-3H3/t14-/m0/s1. The van der Waals surface area contributed by atoms with Crippen molar-refractivity contribution >= 4 is 11.8 Å². The Hall–Kier alpha value is -1.10. The van der Waals surface area contributed by atoms with Gasteiger partial charge in [-0.1, -0.05) is 13.8 Å². The highest BCUT2D eigenvalue weighted by Crippen LogP contribution is 2.32. The quantitative estimate of drug-likeness (QED) is 0.835. The third kappa shape index (κ3) is 3.32. The minimum atomic E-state index is -0.404. The molecule has 0 aromatic rings. The maximum atomic E-state index is 12.2. The molecule has 1 aliphatic carbocycles. The normalized spacial score (nSPS) is 21.9. The van der Waals surface area contributed by atoms with E-state index in [1.54, 1.807) is 6.92 Å². The van der Waals surface area contributed by atoms with Crippen LogP contribution in [0.3, 0.4) is 0 Å². The van der Waals surface area contributed by atoms with Crippen molar-refractivity contribution in [2.24, 2.45) is 11.7 Å². The van der Waals surface area contributed by atoms with E-state index in [2.05, 4.69) is 0 Å². The third-order valence-electron chi connectivity index (χ3n) is 4.48.